The van der Waals surface area contributed by atoms with Crippen LogP contribution in [0.5, 0.6) is 0 Å². The van der Waals surface area contributed by atoms with Gasteiger partial charge >= 0.3 is 0 Å². The van der Waals surface area contributed by atoms with Crippen molar-refractivity contribution in [2.45, 2.75) is 57.3 Å². The third-order valence-corrected chi connectivity index (χ3v) is 2.93. The second-order valence-corrected chi connectivity index (χ2v) is 5.19. The summed E-state index contributed by atoms with van der Waals surface area (Å²) in [7, 11) is 2.06. The molecule has 0 aromatic carbocycles. The highest BCUT2D eigenvalue weighted by Gasteiger charge is 2.25. The van der Waals surface area contributed by atoms with Crippen LogP contribution in [0.4, 0.5) is 0 Å². The van der Waals surface area contributed by atoms with Gasteiger partial charge in [0.2, 0.25) is 0 Å². The minimum Gasteiger partial charge on any atom is -0.393 e. The van der Waals surface area contributed by atoms with Crippen LogP contribution in [0.2, 0.25) is 0 Å². The Morgan fingerprint density at radius 1 is 1.21 bits per heavy atom. The fourth-order valence-corrected chi connectivity index (χ4v) is 2.24. The normalized spacial score (nSPS) is 29.6. The van der Waals surface area contributed by atoms with Crippen LogP contribution in [-0.2, 0) is 0 Å². The van der Waals surface area contributed by atoms with Crippen molar-refractivity contribution in [3.63, 3.8) is 0 Å². The zero-order chi connectivity index (χ0) is 10.8. The molecule has 1 rings (SSSR count). The summed E-state index contributed by atoms with van der Waals surface area (Å²) in [5, 5.41) is 19.1. The highest BCUT2D eigenvalue weighted by Crippen LogP contribution is 2.23. The molecule has 84 valence electrons. The van der Waals surface area contributed by atoms with Crippen LogP contribution in [0.1, 0.15) is 39.5 Å². The molecule has 0 aromatic heterocycles. The van der Waals surface area contributed by atoms with E-state index in [4.69, 9.17) is 0 Å². The summed E-state index contributed by atoms with van der Waals surface area (Å²) in [6.07, 6.45) is 3.81. The zero-order valence-electron chi connectivity index (χ0n) is 9.53. The van der Waals surface area contributed by atoms with Gasteiger partial charge in [-0.25, -0.2) is 0 Å². The average molecular weight is 201 g/mol. The fraction of sp³-hybridized carbons (Fsp3) is 1.00. The van der Waals surface area contributed by atoms with E-state index in [1.165, 1.54) is 0 Å². The molecule has 1 fully saturated rings. The summed E-state index contributed by atoms with van der Waals surface area (Å²) in [6.45, 7) is 4.37. The number of hydrogen-bond acceptors (Lipinski definition) is 3. The summed E-state index contributed by atoms with van der Waals surface area (Å²) in [4.78, 5) is 2.21. The molecule has 1 aliphatic carbocycles. The first-order valence-electron chi connectivity index (χ1n) is 5.49. The number of hydrogen-bond donors (Lipinski definition) is 2. The number of likely N-dealkylation sites (N-methyl/N-ethyl adjacent to an activating group) is 1. The molecule has 0 bridgehead atoms. The largest absolute Gasteiger partial charge is 0.393 e. The number of aliphatic hydroxyl groups is 2. The molecule has 0 saturated heterocycles. The van der Waals surface area contributed by atoms with E-state index in [2.05, 4.69) is 11.9 Å². The average Bonchev–Trinajstić information content (AvgIpc) is 2.02. The van der Waals surface area contributed by atoms with Crippen LogP contribution in [0.25, 0.3) is 0 Å². The first kappa shape index (κ1) is 12.0. The third-order valence-electron chi connectivity index (χ3n) is 2.93. The number of nitrogens with zero attached hydrogens (tertiary/aromatic N) is 1. The van der Waals surface area contributed by atoms with E-state index >= 15 is 0 Å². The molecule has 14 heavy (non-hydrogen) atoms. The molecule has 0 unspecified atom stereocenters. The Hall–Kier alpha value is -0.120. The van der Waals surface area contributed by atoms with Crippen LogP contribution in [0.15, 0.2) is 0 Å². The molecule has 0 aromatic rings. The maximum atomic E-state index is 9.68. The quantitative estimate of drug-likeness (QED) is 0.716. The Labute approximate surface area is 86.7 Å². The van der Waals surface area contributed by atoms with E-state index in [-0.39, 0.29) is 6.10 Å². The van der Waals surface area contributed by atoms with Gasteiger partial charge < -0.3 is 15.1 Å². The first-order chi connectivity index (χ1) is 6.38. The Bertz CT molecular complexity index is 169. The number of rotatable bonds is 3. The molecule has 0 amide bonds. The lowest BCUT2D eigenvalue weighted by atomic mass is 9.91. The maximum Gasteiger partial charge on any atom is 0.0718 e. The van der Waals surface area contributed by atoms with E-state index in [1.54, 1.807) is 0 Å². The van der Waals surface area contributed by atoms with Gasteiger partial charge in [-0.15, -0.1) is 0 Å². The first-order valence-corrected chi connectivity index (χ1v) is 5.49. The minimum atomic E-state index is -0.620. The third kappa shape index (κ3) is 3.95. The van der Waals surface area contributed by atoms with Gasteiger partial charge in [0, 0.05) is 12.6 Å². The summed E-state index contributed by atoms with van der Waals surface area (Å²) in [6, 6.07) is 0.532. The van der Waals surface area contributed by atoms with Gasteiger partial charge in [-0.05, 0) is 46.6 Å². The van der Waals surface area contributed by atoms with Crippen molar-refractivity contribution in [1.29, 1.82) is 0 Å². The molecular formula is C11H23NO2. The van der Waals surface area contributed by atoms with Crippen LogP contribution in [0, 0.1) is 0 Å². The summed E-state index contributed by atoms with van der Waals surface area (Å²) < 4.78 is 0. The summed E-state index contributed by atoms with van der Waals surface area (Å²) >= 11 is 0. The van der Waals surface area contributed by atoms with Gasteiger partial charge in [0.25, 0.3) is 0 Å². The second-order valence-electron chi connectivity index (χ2n) is 5.19. The van der Waals surface area contributed by atoms with E-state index in [9.17, 15) is 10.2 Å². The lowest BCUT2D eigenvalue weighted by Crippen LogP contribution is -2.44. The topological polar surface area (TPSA) is 43.7 Å². The van der Waals surface area contributed by atoms with Crippen LogP contribution < -0.4 is 0 Å². The molecular weight excluding hydrogens is 178 g/mol. The molecule has 2 N–H and O–H groups in total. The molecule has 1 aliphatic rings. The standard InChI is InChI=1S/C11H23NO2/c1-11(2,14)8-12(3)9-4-6-10(13)7-5-9/h9-10,13-14H,4-8H2,1-3H3. The van der Waals surface area contributed by atoms with Crippen molar-refractivity contribution in [3.05, 3.63) is 0 Å². The van der Waals surface area contributed by atoms with Gasteiger partial charge in [-0.2, -0.15) is 0 Å². The van der Waals surface area contributed by atoms with Crippen LogP contribution in [-0.4, -0.2) is 46.5 Å². The maximum absolute atomic E-state index is 9.68. The van der Waals surface area contributed by atoms with Crippen molar-refractivity contribution >= 4 is 0 Å². The predicted molar refractivity (Wildman–Crippen MR) is 57.2 cm³/mol. The minimum absolute atomic E-state index is 0.0956. The highest BCUT2D eigenvalue weighted by atomic mass is 16.3. The predicted octanol–water partition coefficient (Wildman–Crippen LogP) is 0.993. The van der Waals surface area contributed by atoms with E-state index < -0.39 is 5.60 Å². The summed E-state index contributed by atoms with van der Waals surface area (Å²) in [5.74, 6) is 0. The van der Waals surface area contributed by atoms with Gasteiger partial charge in [0.1, 0.15) is 0 Å². The van der Waals surface area contributed by atoms with Crippen molar-refractivity contribution in [3.8, 4) is 0 Å². The lowest BCUT2D eigenvalue weighted by molar-refractivity contribution is 0.0144. The fourth-order valence-electron chi connectivity index (χ4n) is 2.24. The molecule has 0 radical (unpaired) electrons. The van der Waals surface area contributed by atoms with Crippen molar-refractivity contribution < 1.29 is 10.2 Å². The number of aliphatic hydroxyl groups excluding tert-OH is 1. The molecule has 0 heterocycles. The zero-order valence-corrected chi connectivity index (χ0v) is 9.53. The molecule has 1 saturated carbocycles. The van der Waals surface area contributed by atoms with E-state index in [1.807, 2.05) is 13.8 Å². The smallest absolute Gasteiger partial charge is 0.0718 e. The summed E-state index contributed by atoms with van der Waals surface area (Å²) in [5.41, 5.74) is -0.620. The molecule has 0 aliphatic heterocycles. The SMILES string of the molecule is CN(CC(C)(C)O)C1CCC(O)CC1. The van der Waals surface area contributed by atoms with Gasteiger partial charge in [-0.1, -0.05) is 0 Å². The van der Waals surface area contributed by atoms with Gasteiger partial charge in [0.05, 0.1) is 11.7 Å². The van der Waals surface area contributed by atoms with Gasteiger partial charge in [-0.3, -0.25) is 0 Å². The highest BCUT2D eigenvalue weighted by molar-refractivity contribution is 4.81. The van der Waals surface area contributed by atoms with Crippen molar-refractivity contribution in [1.82, 2.24) is 4.90 Å². The molecule has 0 atom stereocenters. The second kappa shape index (κ2) is 4.60. The van der Waals surface area contributed by atoms with Gasteiger partial charge in [0.15, 0.2) is 0 Å². The van der Waals surface area contributed by atoms with Crippen LogP contribution >= 0.6 is 0 Å². The van der Waals surface area contributed by atoms with E-state index in [0.717, 1.165) is 25.7 Å². The molecule has 3 nitrogen and oxygen atoms in total. The monoisotopic (exact) mass is 201 g/mol. The molecule has 0 spiro atoms. The lowest BCUT2D eigenvalue weighted by Gasteiger charge is -2.36. The van der Waals surface area contributed by atoms with Crippen molar-refractivity contribution in [2.24, 2.45) is 0 Å². The molecule has 3 heteroatoms. The Balaban J connectivity index is 2.34. The van der Waals surface area contributed by atoms with Crippen LogP contribution in [0.3, 0.4) is 0 Å². The van der Waals surface area contributed by atoms with E-state index in [0.29, 0.717) is 12.6 Å². The van der Waals surface area contributed by atoms with Crippen molar-refractivity contribution in [2.75, 3.05) is 13.6 Å². The Kier molecular flexibility index (Phi) is 3.93. The Morgan fingerprint density at radius 3 is 2.14 bits per heavy atom. The Morgan fingerprint density at radius 2 is 1.71 bits per heavy atom.